The van der Waals surface area contributed by atoms with Gasteiger partial charge in [0, 0.05) is 18.2 Å². The van der Waals surface area contributed by atoms with Crippen molar-refractivity contribution in [3.05, 3.63) is 23.0 Å². The number of fused-ring (bicyclic) bond motifs is 1. The van der Waals surface area contributed by atoms with Crippen LogP contribution < -0.4 is 0 Å². The molecular formula is C16H17N3O5. The molecule has 2 aliphatic rings. The Morgan fingerprint density at radius 3 is 2.88 bits per heavy atom. The zero-order chi connectivity index (χ0) is 16.8. The summed E-state index contributed by atoms with van der Waals surface area (Å²) in [5.41, 5.74) is 2.12. The molecule has 0 bridgehead atoms. The highest BCUT2D eigenvalue weighted by Gasteiger charge is 2.36. The van der Waals surface area contributed by atoms with E-state index < -0.39 is 12.0 Å². The van der Waals surface area contributed by atoms with Gasteiger partial charge in [0.1, 0.15) is 0 Å². The van der Waals surface area contributed by atoms with Crippen LogP contribution in [0, 0.1) is 6.92 Å². The number of pyridine rings is 1. The van der Waals surface area contributed by atoms with Crippen LogP contribution in [0.1, 0.15) is 40.5 Å². The molecule has 3 heterocycles. The van der Waals surface area contributed by atoms with Crippen molar-refractivity contribution < 1.29 is 24.0 Å². The van der Waals surface area contributed by atoms with Crippen LogP contribution in [0.15, 0.2) is 10.6 Å². The standard InChI is InChI=1S/C16H17N3O5/c1-8-13-10(6-11(9-2-3-9)17-14(13)24-18-8)15(20)19-4-5-23-7-12(19)16(21)22/h6,9,12H,2-5,7H2,1H3,(H,21,22). The summed E-state index contributed by atoms with van der Waals surface area (Å²) in [6, 6.07) is 0.778. The Bertz CT molecular complexity index is 826. The minimum atomic E-state index is -1.07. The van der Waals surface area contributed by atoms with Gasteiger partial charge in [-0.05, 0) is 25.8 Å². The van der Waals surface area contributed by atoms with E-state index in [1.165, 1.54) is 4.90 Å². The number of amides is 1. The average molecular weight is 331 g/mol. The van der Waals surface area contributed by atoms with Crippen molar-refractivity contribution in [1.82, 2.24) is 15.0 Å². The summed E-state index contributed by atoms with van der Waals surface area (Å²) in [5.74, 6) is -1.07. The van der Waals surface area contributed by atoms with E-state index in [4.69, 9.17) is 9.26 Å². The number of morpholine rings is 1. The highest BCUT2D eigenvalue weighted by atomic mass is 16.5. The summed E-state index contributed by atoms with van der Waals surface area (Å²) in [7, 11) is 0. The number of aliphatic carboxylic acids is 1. The van der Waals surface area contributed by atoms with Crippen molar-refractivity contribution in [3.8, 4) is 0 Å². The van der Waals surface area contributed by atoms with Gasteiger partial charge in [-0.15, -0.1) is 0 Å². The summed E-state index contributed by atoms with van der Waals surface area (Å²) in [6.07, 6.45) is 2.07. The molecule has 1 N–H and O–H groups in total. The molecule has 24 heavy (non-hydrogen) atoms. The minimum absolute atomic E-state index is 0.00655. The fourth-order valence-electron chi connectivity index (χ4n) is 3.08. The molecule has 1 unspecified atom stereocenters. The summed E-state index contributed by atoms with van der Waals surface area (Å²) >= 11 is 0. The molecule has 1 saturated heterocycles. The third-order valence-corrected chi connectivity index (χ3v) is 4.54. The topological polar surface area (TPSA) is 106 Å². The Morgan fingerprint density at radius 2 is 2.17 bits per heavy atom. The quantitative estimate of drug-likeness (QED) is 0.904. The molecule has 2 aromatic heterocycles. The zero-order valence-corrected chi connectivity index (χ0v) is 13.2. The van der Waals surface area contributed by atoms with Crippen LogP contribution in [0.5, 0.6) is 0 Å². The highest BCUT2D eigenvalue weighted by molar-refractivity contribution is 6.07. The van der Waals surface area contributed by atoms with Gasteiger partial charge in [-0.2, -0.15) is 0 Å². The third kappa shape index (κ3) is 2.43. The number of hydrogen-bond acceptors (Lipinski definition) is 6. The molecule has 4 rings (SSSR count). The molecular weight excluding hydrogens is 314 g/mol. The number of ether oxygens (including phenoxy) is 1. The Balaban J connectivity index is 1.80. The van der Waals surface area contributed by atoms with E-state index in [0.717, 1.165) is 18.5 Å². The summed E-state index contributed by atoms with van der Waals surface area (Å²) in [5, 5.41) is 13.8. The average Bonchev–Trinajstić information content (AvgIpc) is 3.37. The number of aromatic nitrogens is 2. The number of rotatable bonds is 3. The van der Waals surface area contributed by atoms with Gasteiger partial charge in [0.25, 0.3) is 11.6 Å². The van der Waals surface area contributed by atoms with E-state index >= 15 is 0 Å². The summed E-state index contributed by atoms with van der Waals surface area (Å²) in [4.78, 5) is 30.3. The van der Waals surface area contributed by atoms with Crippen LogP contribution in [-0.4, -0.2) is 57.8 Å². The predicted molar refractivity (Wildman–Crippen MR) is 81.8 cm³/mol. The first-order valence-corrected chi connectivity index (χ1v) is 7.94. The number of carboxylic acids is 1. The monoisotopic (exact) mass is 331 g/mol. The van der Waals surface area contributed by atoms with E-state index in [1.807, 2.05) is 0 Å². The number of hydrogen-bond donors (Lipinski definition) is 1. The molecule has 1 aliphatic heterocycles. The van der Waals surface area contributed by atoms with Crippen LogP contribution in [0.4, 0.5) is 0 Å². The molecule has 2 fully saturated rings. The molecule has 1 saturated carbocycles. The maximum absolute atomic E-state index is 13.1. The smallest absolute Gasteiger partial charge is 0.328 e. The van der Waals surface area contributed by atoms with Crippen molar-refractivity contribution in [3.63, 3.8) is 0 Å². The van der Waals surface area contributed by atoms with Gasteiger partial charge in [-0.25, -0.2) is 9.78 Å². The number of aryl methyl sites for hydroxylation is 1. The van der Waals surface area contributed by atoms with Gasteiger partial charge >= 0.3 is 5.97 Å². The molecule has 8 nitrogen and oxygen atoms in total. The minimum Gasteiger partial charge on any atom is -0.480 e. The van der Waals surface area contributed by atoms with Gasteiger partial charge in [0.2, 0.25) is 0 Å². The lowest BCUT2D eigenvalue weighted by Gasteiger charge is -2.33. The molecule has 2 aromatic rings. The zero-order valence-electron chi connectivity index (χ0n) is 13.2. The molecule has 126 valence electrons. The SMILES string of the molecule is Cc1noc2nc(C3CC3)cc(C(=O)N3CCOCC3C(=O)O)c12. The maximum atomic E-state index is 13.1. The number of nitrogens with zero attached hydrogens (tertiary/aromatic N) is 3. The molecule has 8 heteroatoms. The Morgan fingerprint density at radius 1 is 1.38 bits per heavy atom. The first kappa shape index (κ1) is 15.1. The maximum Gasteiger partial charge on any atom is 0.328 e. The van der Waals surface area contributed by atoms with Crippen LogP contribution in [0.3, 0.4) is 0 Å². The van der Waals surface area contributed by atoms with E-state index in [9.17, 15) is 14.7 Å². The lowest BCUT2D eigenvalue weighted by atomic mass is 10.1. The molecule has 1 atom stereocenters. The molecule has 0 aromatic carbocycles. The van der Waals surface area contributed by atoms with Crippen LogP contribution in [0.2, 0.25) is 0 Å². The number of carbonyl (C=O) groups is 2. The van der Waals surface area contributed by atoms with Crippen molar-refractivity contribution in [2.75, 3.05) is 19.8 Å². The van der Waals surface area contributed by atoms with Gasteiger partial charge < -0.3 is 19.3 Å². The van der Waals surface area contributed by atoms with Crippen LogP contribution in [-0.2, 0) is 9.53 Å². The second-order valence-corrected chi connectivity index (χ2v) is 6.24. The summed E-state index contributed by atoms with van der Waals surface area (Å²) in [6.45, 7) is 2.30. The predicted octanol–water partition coefficient (Wildman–Crippen LogP) is 1.33. The fraction of sp³-hybridized carbons (Fsp3) is 0.500. The highest BCUT2D eigenvalue weighted by Crippen LogP contribution is 2.40. The van der Waals surface area contributed by atoms with E-state index in [2.05, 4.69) is 10.1 Å². The molecule has 0 radical (unpaired) electrons. The van der Waals surface area contributed by atoms with Crippen molar-refractivity contribution in [2.45, 2.75) is 31.7 Å². The van der Waals surface area contributed by atoms with Gasteiger partial charge in [0.15, 0.2) is 6.04 Å². The largest absolute Gasteiger partial charge is 0.480 e. The lowest BCUT2D eigenvalue weighted by Crippen LogP contribution is -2.52. The normalized spacial score (nSPS) is 21.2. The first-order chi connectivity index (χ1) is 11.6. The Kier molecular flexibility index (Phi) is 3.49. The Hall–Kier alpha value is -2.48. The van der Waals surface area contributed by atoms with Crippen molar-refractivity contribution in [2.24, 2.45) is 0 Å². The molecule has 1 amide bonds. The number of carboxylic acid groups (broad SMARTS) is 1. The number of carbonyl (C=O) groups excluding carboxylic acids is 1. The van der Waals surface area contributed by atoms with Crippen molar-refractivity contribution in [1.29, 1.82) is 0 Å². The Labute approximate surface area is 137 Å². The molecule has 0 spiro atoms. The van der Waals surface area contributed by atoms with E-state index in [0.29, 0.717) is 34.9 Å². The second-order valence-electron chi connectivity index (χ2n) is 6.24. The summed E-state index contributed by atoms with van der Waals surface area (Å²) < 4.78 is 10.5. The van der Waals surface area contributed by atoms with Crippen molar-refractivity contribution >= 4 is 23.0 Å². The second kappa shape index (κ2) is 5.55. The van der Waals surface area contributed by atoms with Crippen LogP contribution >= 0.6 is 0 Å². The van der Waals surface area contributed by atoms with Gasteiger partial charge in [-0.1, -0.05) is 5.16 Å². The van der Waals surface area contributed by atoms with Gasteiger partial charge in [0.05, 0.1) is 29.9 Å². The lowest BCUT2D eigenvalue weighted by molar-refractivity contribution is -0.147. The van der Waals surface area contributed by atoms with Gasteiger partial charge in [-0.3, -0.25) is 4.79 Å². The third-order valence-electron chi connectivity index (χ3n) is 4.54. The first-order valence-electron chi connectivity index (χ1n) is 7.94. The van der Waals surface area contributed by atoms with E-state index in [1.54, 1.807) is 13.0 Å². The fourth-order valence-corrected chi connectivity index (χ4v) is 3.08. The van der Waals surface area contributed by atoms with E-state index in [-0.39, 0.29) is 19.1 Å². The van der Waals surface area contributed by atoms with Crippen LogP contribution in [0.25, 0.3) is 11.1 Å². The molecule has 1 aliphatic carbocycles.